The fraction of sp³-hybridized carbons (Fsp3) is 0.438. The van der Waals surface area contributed by atoms with E-state index in [0.29, 0.717) is 0 Å². The number of hydrogen-bond acceptors (Lipinski definition) is 3. The number of benzene rings is 1. The van der Waals surface area contributed by atoms with Gasteiger partial charge in [-0.05, 0) is 18.4 Å². The monoisotopic (exact) mass is 257 g/mol. The Morgan fingerprint density at radius 2 is 1.84 bits per heavy atom. The number of hydrogen-bond donors (Lipinski definition) is 0. The van der Waals surface area contributed by atoms with E-state index in [1.165, 1.54) is 12.8 Å². The summed E-state index contributed by atoms with van der Waals surface area (Å²) in [4.78, 5) is 14.2. The quantitative estimate of drug-likeness (QED) is 0.763. The highest BCUT2D eigenvalue weighted by molar-refractivity contribution is 5.84. The average Bonchev–Trinajstić information content (AvgIpc) is 2.96. The first kappa shape index (κ1) is 12.3. The number of rotatable bonds is 2. The van der Waals surface area contributed by atoms with Crippen LogP contribution in [0.3, 0.4) is 0 Å². The van der Waals surface area contributed by atoms with Gasteiger partial charge in [0.05, 0.1) is 0 Å². The van der Waals surface area contributed by atoms with Crippen LogP contribution in [0.2, 0.25) is 0 Å². The van der Waals surface area contributed by atoms with Crippen molar-refractivity contribution in [2.45, 2.75) is 25.9 Å². The molecule has 2 aliphatic rings. The molecule has 3 heteroatoms. The molecule has 0 aliphatic carbocycles. The summed E-state index contributed by atoms with van der Waals surface area (Å²) in [6.45, 7) is 4.27. The van der Waals surface area contributed by atoms with Crippen LogP contribution >= 0.6 is 0 Å². The predicted octanol–water partition coefficient (Wildman–Crippen LogP) is 2.90. The van der Waals surface area contributed by atoms with E-state index in [4.69, 9.17) is 4.74 Å². The molecular formula is C16H19NO2. The van der Waals surface area contributed by atoms with Crippen molar-refractivity contribution in [1.82, 2.24) is 4.90 Å². The highest BCUT2D eigenvalue weighted by Crippen LogP contribution is 2.37. The molecule has 1 aromatic carbocycles. The van der Waals surface area contributed by atoms with E-state index >= 15 is 0 Å². The Morgan fingerprint density at radius 1 is 1.16 bits per heavy atom. The number of cyclic esters (lactones) is 1. The molecule has 19 heavy (non-hydrogen) atoms. The van der Waals surface area contributed by atoms with Gasteiger partial charge in [-0.2, -0.15) is 0 Å². The first-order chi connectivity index (χ1) is 9.25. The Labute approximate surface area is 113 Å². The minimum absolute atomic E-state index is 0.158. The van der Waals surface area contributed by atoms with E-state index in [9.17, 15) is 4.79 Å². The number of ether oxygens (including phenoxy) is 1. The molecule has 0 spiro atoms. The minimum Gasteiger partial charge on any atom is -0.454 e. The Bertz CT molecular complexity index is 489. The van der Waals surface area contributed by atoms with Crippen LogP contribution < -0.4 is 0 Å². The maximum atomic E-state index is 11.8. The lowest BCUT2D eigenvalue weighted by molar-refractivity contribution is -0.147. The first-order valence-electron chi connectivity index (χ1n) is 6.98. The van der Waals surface area contributed by atoms with Crippen LogP contribution in [-0.4, -0.2) is 24.0 Å². The zero-order valence-electron chi connectivity index (χ0n) is 11.2. The van der Waals surface area contributed by atoms with E-state index in [0.717, 1.165) is 24.4 Å². The van der Waals surface area contributed by atoms with Gasteiger partial charge in [0.15, 0.2) is 0 Å². The van der Waals surface area contributed by atoms with Gasteiger partial charge in [-0.3, -0.25) is 0 Å². The molecule has 1 fully saturated rings. The van der Waals surface area contributed by atoms with Crippen molar-refractivity contribution in [2.75, 3.05) is 13.1 Å². The van der Waals surface area contributed by atoms with Gasteiger partial charge in [-0.15, -0.1) is 0 Å². The van der Waals surface area contributed by atoms with E-state index in [-0.39, 0.29) is 18.0 Å². The highest BCUT2D eigenvalue weighted by atomic mass is 16.5. The van der Waals surface area contributed by atoms with Crippen molar-refractivity contribution in [3.8, 4) is 0 Å². The number of nitrogens with zero attached hydrogens (tertiary/aromatic N) is 1. The second-order valence-electron chi connectivity index (χ2n) is 5.32. The number of esters is 1. The lowest BCUT2D eigenvalue weighted by atomic mass is 9.91. The summed E-state index contributed by atoms with van der Waals surface area (Å²) in [5.41, 5.74) is 2.22. The number of carbonyl (C=O) groups excluding carboxylic acids is 1. The van der Waals surface area contributed by atoms with Crippen LogP contribution in [0.5, 0.6) is 0 Å². The highest BCUT2D eigenvalue weighted by Gasteiger charge is 2.33. The van der Waals surface area contributed by atoms with Gasteiger partial charge < -0.3 is 9.64 Å². The third-order valence-corrected chi connectivity index (χ3v) is 4.03. The summed E-state index contributed by atoms with van der Waals surface area (Å²) in [7, 11) is 0. The molecule has 0 N–H and O–H groups in total. The summed E-state index contributed by atoms with van der Waals surface area (Å²) in [5.74, 6) is 0.00653. The molecule has 1 aromatic rings. The minimum atomic E-state index is -0.214. The maximum Gasteiger partial charge on any atom is 0.333 e. The van der Waals surface area contributed by atoms with Crippen LogP contribution in [0.1, 0.15) is 31.4 Å². The van der Waals surface area contributed by atoms with Gasteiger partial charge in [-0.25, -0.2) is 4.79 Å². The largest absolute Gasteiger partial charge is 0.454 e. The summed E-state index contributed by atoms with van der Waals surface area (Å²) < 4.78 is 5.53. The number of likely N-dealkylation sites (tertiary alicyclic amines) is 1. The van der Waals surface area contributed by atoms with Crippen molar-refractivity contribution in [3.63, 3.8) is 0 Å². The van der Waals surface area contributed by atoms with Gasteiger partial charge in [0.1, 0.15) is 6.10 Å². The standard InChI is InChI=1S/C16H19NO2/c1-12-14(17-9-5-6-10-17)11-15(18)19-16(12)13-7-3-2-4-8-13/h2-4,7-8,11-12,16H,5-6,9-10H2,1H3/t12-,16-/m0/s1. The molecule has 1 saturated heterocycles. The number of carbonyl (C=O) groups is 1. The van der Waals surface area contributed by atoms with Crippen molar-refractivity contribution in [3.05, 3.63) is 47.7 Å². The summed E-state index contributed by atoms with van der Waals surface area (Å²) in [6.07, 6.45) is 3.95. The van der Waals surface area contributed by atoms with Gasteiger partial charge in [-0.1, -0.05) is 37.3 Å². The van der Waals surface area contributed by atoms with E-state index in [2.05, 4.69) is 11.8 Å². The summed E-state index contributed by atoms with van der Waals surface area (Å²) >= 11 is 0. The second kappa shape index (κ2) is 5.08. The Balaban J connectivity index is 1.88. The molecular weight excluding hydrogens is 238 g/mol. The van der Waals surface area contributed by atoms with Gasteiger partial charge >= 0.3 is 5.97 Å². The van der Waals surface area contributed by atoms with Gasteiger partial charge in [0, 0.05) is 30.8 Å². The first-order valence-corrected chi connectivity index (χ1v) is 6.98. The Morgan fingerprint density at radius 3 is 2.53 bits per heavy atom. The lowest BCUT2D eigenvalue weighted by Gasteiger charge is -2.34. The molecule has 2 aliphatic heterocycles. The second-order valence-corrected chi connectivity index (χ2v) is 5.32. The van der Waals surface area contributed by atoms with E-state index < -0.39 is 0 Å². The summed E-state index contributed by atoms with van der Waals surface area (Å²) in [5, 5.41) is 0. The van der Waals surface area contributed by atoms with Crippen LogP contribution in [0.4, 0.5) is 0 Å². The SMILES string of the molecule is C[C@H]1C(N2CCCC2)=CC(=O)O[C@@H]1c1ccccc1. The molecule has 2 atom stereocenters. The maximum absolute atomic E-state index is 11.8. The Kier molecular flexibility index (Phi) is 3.28. The fourth-order valence-corrected chi connectivity index (χ4v) is 3.02. The fourth-order valence-electron chi connectivity index (χ4n) is 3.02. The van der Waals surface area contributed by atoms with Crippen molar-refractivity contribution < 1.29 is 9.53 Å². The zero-order chi connectivity index (χ0) is 13.2. The third-order valence-electron chi connectivity index (χ3n) is 4.03. The average molecular weight is 257 g/mol. The van der Waals surface area contributed by atoms with Crippen LogP contribution in [0.25, 0.3) is 0 Å². The molecule has 0 saturated carbocycles. The van der Waals surface area contributed by atoms with Crippen LogP contribution in [0.15, 0.2) is 42.1 Å². The molecule has 2 heterocycles. The molecule has 3 rings (SSSR count). The molecule has 0 aromatic heterocycles. The van der Waals surface area contributed by atoms with E-state index in [1.54, 1.807) is 6.08 Å². The predicted molar refractivity (Wildman–Crippen MR) is 73.3 cm³/mol. The molecule has 0 radical (unpaired) electrons. The van der Waals surface area contributed by atoms with Gasteiger partial charge in [0.2, 0.25) is 0 Å². The molecule has 3 nitrogen and oxygen atoms in total. The summed E-state index contributed by atoms with van der Waals surface area (Å²) in [6, 6.07) is 10.0. The third kappa shape index (κ3) is 2.37. The normalized spacial score (nSPS) is 27.1. The molecule has 100 valence electrons. The van der Waals surface area contributed by atoms with Crippen molar-refractivity contribution >= 4 is 5.97 Å². The zero-order valence-corrected chi connectivity index (χ0v) is 11.2. The molecule has 0 unspecified atom stereocenters. The molecule has 0 amide bonds. The topological polar surface area (TPSA) is 29.5 Å². The molecule has 0 bridgehead atoms. The van der Waals surface area contributed by atoms with Gasteiger partial charge in [0.25, 0.3) is 0 Å². The van der Waals surface area contributed by atoms with Crippen LogP contribution in [0, 0.1) is 5.92 Å². The van der Waals surface area contributed by atoms with Crippen molar-refractivity contribution in [2.24, 2.45) is 5.92 Å². The lowest BCUT2D eigenvalue weighted by Crippen LogP contribution is -2.32. The van der Waals surface area contributed by atoms with E-state index in [1.807, 2.05) is 30.3 Å². The van der Waals surface area contributed by atoms with Crippen molar-refractivity contribution in [1.29, 1.82) is 0 Å². The van der Waals surface area contributed by atoms with Crippen LogP contribution in [-0.2, 0) is 9.53 Å². The Hall–Kier alpha value is -1.77. The smallest absolute Gasteiger partial charge is 0.333 e.